The summed E-state index contributed by atoms with van der Waals surface area (Å²) >= 11 is 0. The molecular formula is C25H40ClN3O3. The first kappa shape index (κ1) is 28.1. The monoisotopic (exact) mass is 465 g/mol. The predicted octanol–water partition coefficient (Wildman–Crippen LogP) is 4.14. The van der Waals surface area contributed by atoms with Crippen molar-refractivity contribution in [3.8, 4) is 0 Å². The molecule has 0 spiro atoms. The minimum Gasteiger partial charge on any atom is -0.349 e. The Labute approximate surface area is 199 Å². The number of hydrogen-bond acceptors (Lipinski definition) is 4. The highest BCUT2D eigenvalue weighted by Gasteiger charge is 2.38. The normalized spacial score (nSPS) is 15.5. The van der Waals surface area contributed by atoms with Crippen LogP contribution in [0.2, 0.25) is 0 Å². The van der Waals surface area contributed by atoms with E-state index in [-0.39, 0.29) is 18.3 Å². The lowest BCUT2D eigenvalue weighted by Crippen LogP contribution is -2.45. The number of hydrogen-bond donors (Lipinski definition) is 2. The molecule has 180 valence electrons. The van der Waals surface area contributed by atoms with Crippen LogP contribution in [-0.4, -0.2) is 41.6 Å². The highest BCUT2D eigenvalue weighted by atomic mass is 35.5. The molecule has 1 aromatic rings. The maximum Gasteiger partial charge on any atom is 0.289 e. The molecule has 1 heterocycles. The van der Waals surface area contributed by atoms with Crippen molar-refractivity contribution < 1.29 is 14.4 Å². The molecule has 32 heavy (non-hydrogen) atoms. The summed E-state index contributed by atoms with van der Waals surface area (Å²) in [6.45, 7) is 1.69. The van der Waals surface area contributed by atoms with Crippen molar-refractivity contribution in [2.75, 3.05) is 13.1 Å². The van der Waals surface area contributed by atoms with Gasteiger partial charge in [-0.2, -0.15) is 0 Å². The van der Waals surface area contributed by atoms with Crippen molar-refractivity contribution in [3.05, 3.63) is 35.9 Å². The summed E-state index contributed by atoms with van der Waals surface area (Å²) in [5.41, 5.74) is 6.46. The Morgan fingerprint density at radius 2 is 1.47 bits per heavy atom. The summed E-state index contributed by atoms with van der Waals surface area (Å²) in [6, 6.07) is 8.93. The maximum absolute atomic E-state index is 12.6. The van der Waals surface area contributed by atoms with Crippen LogP contribution in [0, 0.1) is 0 Å². The van der Waals surface area contributed by atoms with E-state index >= 15 is 0 Å². The minimum atomic E-state index is -0.641. The van der Waals surface area contributed by atoms with Gasteiger partial charge in [-0.3, -0.25) is 14.4 Å². The number of halogens is 1. The number of nitrogens with two attached hydrogens (primary N) is 1. The van der Waals surface area contributed by atoms with Crippen LogP contribution in [0.15, 0.2) is 30.3 Å². The molecule has 3 N–H and O–H groups in total. The Hall–Kier alpha value is -1.92. The van der Waals surface area contributed by atoms with E-state index in [2.05, 4.69) is 5.32 Å². The molecule has 1 saturated heterocycles. The van der Waals surface area contributed by atoms with Gasteiger partial charge in [-0.15, -0.1) is 12.4 Å². The van der Waals surface area contributed by atoms with Gasteiger partial charge in [0.1, 0.15) is 6.04 Å². The summed E-state index contributed by atoms with van der Waals surface area (Å²) < 4.78 is 0. The number of nitrogens with one attached hydrogen (secondary N) is 1. The molecule has 6 nitrogen and oxygen atoms in total. The van der Waals surface area contributed by atoms with Crippen LogP contribution >= 0.6 is 12.4 Å². The molecule has 1 atom stereocenters. The number of benzene rings is 1. The van der Waals surface area contributed by atoms with Gasteiger partial charge in [-0.25, -0.2) is 0 Å². The number of rotatable bonds is 16. The number of carbonyl (C=O) groups excluding carboxylic acids is 3. The van der Waals surface area contributed by atoms with Gasteiger partial charge in [0.05, 0.1) is 0 Å². The number of ketones is 1. The molecule has 2 rings (SSSR count). The molecule has 1 aromatic carbocycles. The topological polar surface area (TPSA) is 92.5 Å². The van der Waals surface area contributed by atoms with Crippen molar-refractivity contribution >= 4 is 30.0 Å². The zero-order chi connectivity index (χ0) is 22.3. The first-order chi connectivity index (χ1) is 15.1. The van der Waals surface area contributed by atoms with Crippen LogP contribution in [0.1, 0.15) is 82.6 Å². The quantitative estimate of drug-likeness (QED) is 0.283. The summed E-state index contributed by atoms with van der Waals surface area (Å²) in [5, 5.41) is 2.75. The van der Waals surface area contributed by atoms with Gasteiger partial charge >= 0.3 is 0 Å². The lowest BCUT2D eigenvalue weighted by molar-refractivity contribution is -0.143. The molecule has 0 bridgehead atoms. The van der Waals surface area contributed by atoms with E-state index in [9.17, 15) is 14.4 Å². The average molecular weight is 466 g/mol. The summed E-state index contributed by atoms with van der Waals surface area (Å²) in [4.78, 5) is 38.7. The number of unbranched alkanes of at least 4 members (excludes halogenated alkanes) is 9. The molecule has 1 aliphatic heterocycles. The molecule has 0 saturated carbocycles. The number of nitrogens with zero attached hydrogens (tertiary/aromatic N) is 1. The third-order valence-corrected chi connectivity index (χ3v) is 5.97. The second kappa shape index (κ2) is 16.7. The van der Waals surface area contributed by atoms with Gasteiger partial charge in [0.2, 0.25) is 11.7 Å². The van der Waals surface area contributed by atoms with Gasteiger partial charge in [-0.1, -0.05) is 81.7 Å². The fourth-order valence-electron chi connectivity index (χ4n) is 4.11. The van der Waals surface area contributed by atoms with Crippen molar-refractivity contribution in [1.29, 1.82) is 0 Å². The Morgan fingerprint density at radius 1 is 0.906 bits per heavy atom. The second-order valence-electron chi connectivity index (χ2n) is 8.51. The van der Waals surface area contributed by atoms with Gasteiger partial charge in [-0.05, 0) is 31.4 Å². The molecule has 7 heteroatoms. The maximum atomic E-state index is 12.6. The first-order valence-corrected chi connectivity index (χ1v) is 12.0. The standard InChI is InChI=1S/C25H39N3O3.ClH/c26-18-12-7-5-3-1-2-4-6-8-13-19-27-25(31)24(30)22-16-17-23(29)28(22)20-21-14-10-9-11-15-21;/h9-11,14-15,22H,1-8,12-13,16-20,26H2,(H,27,31);1H. The molecular weight excluding hydrogens is 426 g/mol. The van der Waals surface area contributed by atoms with Gasteiger partial charge < -0.3 is 16.0 Å². The Bertz CT molecular complexity index is 684. The summed E-state index contributed by atoms with van der Waals surface area (Å²) in [6.07, 6.45) is 12.6. The van der Waals surface area contributed by atoms with Crippen molar-refractivity contribution in [3.63, 3.8) is 0 Å². The highest BCUT2D eigenvalue weighted by Crippen LogP contribution is 2.22. The lowest BCUT2D eigenvalue weighted by Gasteiger charge is -2.23. The zero-order valence-corrected chi connectivity index (χ0v) is 20.0. The van der Waals surface area contributed by atoms with Crippen LogP contribution in [0.4, 0.5) is 0 Å². The zero-order valence-electron chi connectivity index (χ0n) is 19.2. The SMILES string of the molecule is Cl.NCCCCCCCCCCCCNC(=O)C(=O)C1CCC(=O)N1Cc1ccccc1. The third kappa shape index (κ3) is 10.1. The van der Waals surface area contributed by atoms with E-state index in [1.807, 2.05) is 30.3 Å². The Balaban J connectivity index is 0.00000512. The average Bonchev–Trinajstić information content (AvgIpc) is 3.14. The molecule has 1 aliphatic rings. The van der Waals surface area contributed by atoms with Crippen molar-refractivity contribution in [2.24, 2.45) is 5.73 Å². The largest absolute Gasteiger partial charge is 0.349 e. The smallest absolute Gasteiger partial charge is 0.289 e. The molecule has 0 aromatic heterocycles. The number of Topliss-reactive ketones (excluding diaryl/α,β-unsaturated/α-hetero) is 1. The van der Waals surface area contributed by atoms with Crippen LogP contribution in [0.3, 0.4) is 0 Å². The van der Waals surface area contributed by atoms with E-state index in [0.29, 0.717) is 25.9 Å². The second-order valence-corrected chi connectivity index (χ2v) is 8.51. The molecule has 0 radical (unpaired) electrons. The van der Waals surface area contributed by atoms with Crippen LogP contribution in [0.5, 0.6) is 0 Å². The van der Waals surface area contributed by atoms with Gasteiger partial charge in [0.15, 0.2) is 0 Å². The first-order valence-electron chi connectivity index (χ1n) is 12.0. The lowest BCUT2D eigenvalue weighted by atomic mass is 10.1. The molecule has 0 aliphatic carbocycles. The van der Waals surface area contributed by atoms with E-state index in [1.54, 1.807) is 4.90 Å². The molecule has 2 amide bonds. The van der Waals surface area contributed by atoms with E-state index in [4.69, 9.17) is 5.73 Å². The van der Waals surface area contributed by atoms with E-state index < -0.39 is 17.7 Å². The van der Waals surface area contributed by atoms with Crippen LogP contribution < -0.4 is 11.1 Å². The summed E-state index contributed by atoms with van der Waals surface area (Å²) in [5.74, 6) is -1.11. The third-order valence-electron chi connectivity index (χ3n) is 5.97. The van der Waals surface area contributed by atoms with Gasteiger partial charge in [0.25, 0.3) is 5.91 Å². The van der Waals surface area contributed by atoms with Crippen molar-refractivity contribution in [1.82, 2.24) is 10.2 Å². The number of carbonyl (C=O) groups is 3. The highest BCUT2D eigenvalue weighted by molar-refractivity contribution is 6.38. The van der Waals surface area contributed by atoms with Crippen molar-refractivity contribution in [2.45, 2.75) is 89.6 Å². The fraction of sp³-hybridized carbons (Fsp3) is 0.640. The fourth-order valence-corrected chi connectivity index (χ4v) is 4.11. The van der Waals surface area contributed by atoms with Crippen LogP contribution in [0.25, 0.3) is 0 Å². The number of amides is 2. The van der Waals surface area contributed by atoms with E-state index in [1.165, 1.54) is 38.5 Å². The van der Waals surface area contributed by atoms with Gasteiger partial charge in [0, 0.05) is 19.5 Å². The molecule has 1 unspecified atom stereocenters. The summed E-state index contributed by atoms with van der Waals surface area (Å²) in [7, 11) is 0. The Kier molecular flexibility index (Phi) is 14.7. The minimum absolute atomic E-state index is 0. The number of likely N-dealkylation sites (tertiary alicyclic amines) is 1. The van der Waals surface area contributed by atoms with Crippen LogP contribution in [-0.2, 0) is 20.9 Å². The van der Waals surface area contributed by atoms with E-state index in [0.717, 1.165) is 37.8 Å². The molecule has 1 fully saturated rings. The Morgan fingerprint density at radius 3 is 2.06 bits per heavy atom. The predicted molar refractivity (Wildman–Crippen MR) is 131 cm³/mol.